The Bertz CT molecular complexity index is 678. The van der Waals surface area contributed by atoms with Crippen molar-refractivity contribution in [3.05, 3.63) is 54.4 Å². The quantitative estimate of drug-likeness (QED) is 0.858. The first-order valence-corrected chi connectivity index (χ1v) is 9.54. The monoisotopic (exact) mass is 337 g/mol. The lowest BCUT2D eigenvalue weighted by Gasteiger charge is -2.38. The Hall–Kier alpha value is -2.07. The van der Waals surface area contributed by atoms with Crippen molar-refractivity contribution in [2.24, 2.45) is 0 Å². The molecular formula is C21H27N3O. The summed E-state index contributed by atoms with van der Waals surface area (Å²) in [6.45, 7) is 3.86. The molecule has 4 rings (SSSR count). The Kier molecular flexibility index (Phi) is 4.88. The van der Waals surface area contributed by atoms with E-state index >= 15 is 0 Å². The summed E-state index contributed by atoms with van der Waals surface area (Å²) in [7, 11) is 0. The number of carbonyl (C=O) groups is 1. The van der Waals surface area contributed by atoms with Gasteiger partial charge in [0.15, 0.2) is 0 Å². The number of carbonyl (C=O) groups excluding carboxylic acids is 1. The zero-order chi connectivity index (χ0) is 17.1. The number of hydrogen-bond donors (Lipinski definition) is 0. The van der Waals surface area contributed by atoms with Crippen molar-refractivity contribution in [2.75, 3.05) is 26.2 Å². The molecule has 0 N–H and O–H groups in total. The molecule has 2 aromatic rings. The highest BCUT2D eigenvalue weighted by Crippen LogP contribution is 2.24. The van der Waals surface area contributed by atoms with E-state index in [9.17, 15) is 4.79 Å². The Morgan fingerprint density at radius 2 is 1.56 bits per heavy atom. The van der Waals surface area contributed by atoms with Gasteiger partial charge < -0.3 is 9.47 Å². The third-order valence-corrected chi connectivity index (χ3v) is 5.70. The minimum Gasteiger partial charge on any atom is -0.340 e. The molecule has 2 aliphatic rings. The summed E-state index contributed by atoms with van der Waals surface area (Å²) in [5, 5.41) is 0. The highest BCUT2D eigenvalue weighted by atomic mass is 16.2. The van der Waals surface area contributed by atoms with Gasteiger partial charge in [0.1, 0.15) is 0 Å². The van der Waals surface area contributed by atoms with Crippen molar-refractivity contribution >= 4 is 5.91 Å². The fraction of sp³-hybridized carbons (Fsp3) is 0.476. The largest absolute Gasteiger partial charge is 0.340 e. The van der Waals surface area contributed by atoms with E-state index in [4.69, 9.17) is 0 Å². The van der Waals surface area contributed by atoms with Crippen LogP contribution in [0.15, 0.2) is 48.8 Å². The van der Waals surface area contributed by atoms with Crippen molar-refractivity contribution in [1.29, 1.82) is 0 Å². The lowest BCUT2D eigenvalue weighted by Crippen LogP contribution is -2.51. The zero-order valence-electron chi connectivity index (χ0n) is 14.8. The maximum absolute atomic E-state index is 12.6. The van der Waals surface area contributed by atoms with E-state index < -0.39 is 0 Å². The van der Waals surface area contributed by atoms with Gasteiger partial charge in [-0.05, 0) is 42.7 Å². The number of amides is 1. The summed E-state index contributed by atoms with van der Waals surface area (Å²) in [5.41, 5.74) is 2.23. The SMILES string of the molecule is O=C(Cc1ccc(-n2cccc2)cc1)N1CCN(C2CCCC2)CC1. The summed E-state index contributed by atoms with van der Waals surface area (Å²) < 4.78 is 2.08. The second-order valence-corrected chi connectivity index (χ2v) is 7.29. The predicted octanol–water partition coefficient (Wildman–Crippen LogP) is 3.11. The molecule has 4 nitrogen and oxygen atoms in total. The van der Waals surface area contributed by atoms with E-state index in [2.05, 4.69) is 33.7 Å². The summed E-state index contributed by atoms with van der Waals surface area (Å²) in [6.07, 6.45) is 10.0. The molecule has 1 aromatic heterocycles. The number of benzene rings is 1. The first kappa shape index (κ1) is 16.4. The molecule has 1 aliphatic heterocycles. The molecule has 4 heteroatoms. The number of hydrogen-bond acceptors (Lipinski definition) is 2. The van der Waals surface area contributed by atoms with Crippen molar-refractivity contribution < 1.29 is 4.79 Å². The van der Waals surface area contributed by atoms with Crippen LogP contribution in [0.5, 0.6) is 0 Å². The summed E-state index contributed by atoms with van der Waals surface area (Å²) in [6, 6.07) is 13.1. The highest BCUT2D eigenvalue weighted by Gasteiger charge is 2.27. The molecule has 0 unspecified atom stereocenters. The first-order valence-electron chi connectivity index (χ1n) is 9.54. The molecule has 1 aliphatic carbocycles. The fourth-order valence-corrected chi connectivity index (χ4v) is 4.18. The van der Waals surface area contributed by atoms with Crippen LogP contribution < -0.4 is 0 Å². The van der Waals surface area contributed by atoms with E-state index in [0.717, 1.165) is 43.5 Å². The van der Waals surface area contributed by atoms with Gasteiger partial charge in [-0.25, -0.2) is 0 Å². The third kappa shape index (κ3) is 3.79. The molecule has 0 atom stereocenters. The van der Waals surface area contributed by atoms with Crippen molar-refractivity contribution in [1.82, 2.24) is 14.4 Å². The maximum Gasteiger partial charge on any atom is 0.227 e. The van der Waals surface area contributed by atoms with Gasteiger partial charge in [0, 0.05) is 50.3 Å². The van der Waals surface area contributed by atoms with Crippen molar-refractivity contribution in [2.45, 2.75) is 38.1 Å². The number of nitrogens with zero attached hydrogens (tertiary/aromatic N) is 3. The van der Waals surface area contributed by atoms with Crippen LogP contribution in [0.2, 0.25) is 0 Å². The lowest BCUT2D eigenvalue weighted by molar-refractivity contribution is -0.132. The number of rotatable bonds is 4. The Morgan fingerprint density at radius 3 is 2.20 bits per heavy atom. The molecule has 1 saturated carbocycles. The molecule has 2 fully saturated rings. The van der Waals surface area contributed by atoms with E-state index in [0.29, 0.717) is 6.42 Å². The van der Waals surface area contributed by atoms with Crippen LogP contribution in [0.3, 0.4) is 0 Å². The van der Waals surface area contributed by atoms with Gasteiger partial charge in [-0.1, -0.05) is 25.0 Å². The molecule has 2 heterocycles. The van der Waals surface area contributed by atoms with E-state index in [1.165, 1.54) is 25.7 Å². The van der Waals surface area contributed by atoms with Gasteiger partial charge in [-0.15, -0.1) is 0 Å². The van der Waals surface area contributed by atoms with Gasteiger partial charge in [0.2, 0.25) is 5.91 Å². The summed E-state index contributed by atoms with van der Waals surface area (Å²) in [5.74, 6) is 0.264. The van der Waals surface area contributed by atoms with Gasteiger partial charge >= 0.3 is 0 Å². The highest BCUT2D eigenvalue weighted by molar-refractivity contribution is 5.79. The van der Waals surface area contributed by atoms with Crippen LogP contribution in [0.25, 0.3) is 5.69 Å². The topological polar surface area (TPSA) is 28.5 Å². The summed E-state index contributed by atoms with van der Waals surface area (Å²) >= 11 is 0. The van der Waals surface area contributed by atoms with Crippen LogP contribution in [0.1, 0.15) is 31.2 Å². The minimum atomic E-state index is 0.264. The van der Waals surface area contributed by atoms with Crippen molar-refractivity contribution in [3.8, 4) is 5.69 Å². The first-order chi connectivity index (χ1) is 12.3. The van der Waals surface area contributed by atoms with Crippen LogP contribution in [0, 0.1) is 0 Å². The van der Waals surface area contributed by atoms with Crippen LogP contribution in [0.4, 0.5) is 0 Å². The maximum atomic E-state index is 12.6. The second-order valence-electron chi connectivity index (χ2n) is 7.29. The molecule has 0 bridgehead atoms. The second kappa shape index (κ2) is 7.44. The molecule has 1 saturated heterocycles. The lowest BCUT2D eigenvalue weighted by atomic mass is 10.1. The third-order valence-electron chi connectivity index (χ3n) is 5.70. The average molecular weight is 337 g/mol. The van der Waals surface area contributed by atoms with Gasteiger partial charge in [-0.2, -0.15) is 0 Å². The van der Waals surface area contributed by atoms with Gasteiger partial charge in [0.25, 0.3) is 0 Å². The average Bonchev–Trinajstić information content (AvgIpc) is 3.36. The van der Waals surface area contributed by atoms with Crippen molar-refractivity contribution in [3.63, 3.8) is 0 Å². The van der Waals surface area contributed by atoms with Crippen LogP contribution in [-0.2, 0) is 11.2 Å². The number of piperazine rings is 1. The molecular weight excluding hydrogens is 310 g/mol. The molecule has 25 heavy (non-hydrogen) atoms. The number of aromatic nitrogens is 1. The molecule has 0 radical (unpaired) electrons. The van der Waals surface area contributed by atoms with Crippen LogP contribution >= 0.6 is 0 Å². The Balaban J connectivity index is 1.30. The van der Waals surface area contributed by atoms with Gasteiger partial charge in [0.05, 0.1) is 6.42 Å². The van der Waals surface area contributed by atoms with Gasteiger partial charge in [-0.3, -0.25) is 9.69 Å². The van der Waals surface area contributed by atoms with E-state index in [-0.39, 0.29) is 5.91 Å². The van der Waals surface area contributed by atoms with Crippen LogP contribution in [-0.4, -0.2) is 52.5 Å². The summed E-state index contributed by atoms with van der Waals surface area (Å²) in [4.78, 5) is 17.3. The molecule has 1 amide bonds. The van der Waals surface area contributed by atoms with E-state index in [1.54, 1.807) is 0 Å². The normalized spacial score (nSPS) is 19.4. The van der Waals surface area contributed by atoms with E-state index in [1.807, 2.05) is 29.4 Å². The zero-order valence-corrected chi connectivity index (χ0v) is 14.8. The minimum absolute atomic E-state index is 0.264. The Labute approximate surface area is 150 Å². The molecule has 132 valence electrons. The smallest absolute Gasteiger partial charge is 0.227 e. The predicted molar refractivity (Wildman–Crippen MR) is 99.9 cm³/mol. The molecule has 1 aromatic carbocycles. The molecule has 0 spiro atoms. The fourth-order valence-electron chi connectivity index (χ4n) is 4.18. The standard InChI is InChI=1S/C21H27N3O/c25-21(24-15-13-23(14-16-24)19-5-1-2-6-19)17-18-7-9-20(10-8-18)22-11-3-4-12-22/h3-4,7-12,19H,1-2,5-6,13-17H2. The Morgan fingerprint density at radius 1 is 0.920 bits per heavy atom.